The number of amides is 2. The van der Waals surface area contributed by atoms with Crippen LogP contribution in [-0.2, 0) is 9.59 Å². The summed E-state index contributed by atoms with van der Waals surface area (Å²) >= 11 is 0. The molecule has 0 radical (unpaired) electrons. The number of nitrogens with one attached hydrogen (secondary N) is 3. The molecular formula is C24H30N7O7+. The third-order valence-corrected chi connectivity index (χ3v) is 5.26. The quantitative estimate of drug-likeness (QED) is 0.156. The molecule has 2 aromatic rings. The van der Waals surface area contributed by atoms with E-state index in [2.05, 4.69) is 26.2 Å². The van der Waals surface area contributed by atoms with Gasteiger partial charge in [-0.3, -0.25) is 24.7 Å². The van der Waals surface area contributed by atoms with Gasteiger partial charge in [-0.1, -0.05) is 0 Å². The van der Waals surface area contributed by atoms with Crippen molar-refractivity contribution in [3.05, 3.63) is 46.5 Å². The number of anilines is 2. The minimum Gasteiger partial charge on any atom is -0.497 e. The Bertz CT molecular complexity index is 1300. The Labute approximate surface area is 218 Å². The molecule has 0 aliphatic carbocycles. The number of carbonyl (C=O) groups is 2. The van der Waals surface area contributed by atoms with E-state index in [0.717, 1.165) is 0 Å². The Kier molecular flexibility index (Phi) is 8.60. The molecule has 1 heterocycles. The number of rotatable bonds is 10. The molecule has 0 aromatic heterocycles. The number of benzene rings is 2. The Balaban J connectivity index is 1.91. The van der Waals surface area contributed by atoms with E-state index in [0.29, 0.717) is 27.4 Å². The van der Waals surface area contributed by atoms with E-state index in [1.54, 1.807) is 18.2 Å². The summed E-state index contributed by atoms with van der Waals surface area (Å²) in [5.41, 5.74) is 3.10. The maximum atomic E-state index is 13.3. The van der Waals surface area contributed by atoms with Gasteiger partial charge in [-0.05, 0) is 18.2 Å². The molecular weight excluding hydrogens is 498 g/mol. The average molecular weight is 529 g/mol. The zero-order valence-corrected chi connectivity index (χ0v) is 21.6. The van der Waals surface area contributed by atoms with Crippen molar-refractivity contribution in [2.45, 2.75) is 12.6 Å². The minimum atomic E-state index is -1.36. The molecule has 1 aliphatic rings. The van der Waals surface area contributed by atoms with Crippen LogP contribution in [0.15, 0.2) is 46.5 Å². The van der Waals surface area contributed by atoms with Crippen molar-refractivity contribution in [1.29, 1.82) is 0 Å². The third kappa shape index (κ3) is 7.24. The second-order valence-corrected chi connectivity index (χ2v) is 9.35. The number of likely N-dealkylation sites (N-methyl/N-ethyl adjacent to an activating group) is 1. The van der Waals surface area contributed by atoms with Crippen LogP contribution in [0.4, 0.5) is 22.7 Å². The normalized spacial score (nSPS) is 14.9. The lowest BCUT2D eigenvalue weighted by Crippen LogP contribution is -2.43. The first-order valence-electron chi connectivity index (χ1n) is 11.4. The Morgan fingerprint density at radius 2 is 1.92 bits per heavy atom. The van der Waals surface area contributed by atoms with Crippen molar-refractivity contribution in [2.24, 2.45) is 10.1 Å². The van der Waals surface area contributed by atoms with Crippen molar-refractivity contribution >= 4 is 46.0 Å². The number of nitro groups is 1. The number of hydrogen-bond donors (Lipinski definition) is 4. The molecule has 2 aromatic carbocycles. The maximum Gasteiger partial charge on any atom is 0.295 e. The van der Waals surface area contributed by atoms with Crippen LogP contribution in [-0.4, -0.2) is 85.9 Å². The predicted octanol–water partition coefficient (Wildman–Crippen LogP) is 1.64. The Morgan fingerprint density at radius 1 is 1.18 bits per heavy atom. The monoisotopic (exact) mass is 528 g/mol. The van der Waals surface area contributed by atoms with Crippen molar-refractivity contribution in [3.8, 4) is 11.5 Å². The number of fused-ring (bicyclic) bond motifs is 1. The van der Waals surface area contributed by atoms with Crippen molar-refractivity contribution < 1.29 is 33.6 Å². The third-order valence-electron chi connectivity index (χ3n) is 5.26. The van der Waals surface area contributed by atoms with E-state index >= 15 is 0 Å². The first kappa shape index (κ1) is 28.0. The second-order valence-electron chi connectivity index (χ2n) is 9.35. The number of aliphatic hydroxyl groups is 1. The number of hydrogen-bond acceptors (Lipinski definition) is 10. The van der Waals surface area contributed by atoms with Crippen LogP contribution in [0.3, 0.4) is 0 Å². The topological polar surface area (TPSA) is 177 Å². The van der Waals surface area contributed by atoms with E-state index in [-0.39, 0.29) is 35.8 Å². The van der Waals surface area contributed by atoms with Gasteiger partial charge in [-0.25, -0.2) is 5.43 Å². The molecule has 0 bridgehead atoms. The highest BCUT2D eigenvalue weighted by Crippen LogP contribution is 2.33. The predicted molar refractivity (Wildman–Crippen MR) is 141 cm³/mol. The standard InChI is InChI=1S/C24H29N7O7/c1-31(2,3)13-22(32)29-28-20(24(34)26-17-9-7-15(37-4)11-21(17)38-5)12-19-23(33)27-18-10-14(30(35)36)6-8-16(18)25-19/h6-11,23,27,33H,12-13H2,1-5H3,(H-,26,29,32,34)/p+1/t23-/m1/s1. The largest absolute Gasteiger partial charge is 0.497 e. The number of aliphatic imine (C=N–C) groups is 1. The van der Waals surface area contributed by atoms with Crippen LogP contribution < -0.4 is 25.5 Å². The number of nitrogens with zero attached hydrogens (tertiary/aromatic N) is 4. The van der Waals surface area contributed by atoms with Crippen LogP contribution in [0, 0.1) is 10.1 Å². The van der Waals surface area contributed by atoms with Crippen LogP contribution >= 0.6 is 0 Å². The highest BCUT2D eigenvalue weighted by Gasteiger charge is 2.26. The van der Waals surface area contributed by atoms with Gasteiger partial charge in [-0.2, -0.15) is 5.10 Å². The lowest BCUT2D eigenvalue weighted by Gasteiger charge is -2.23. The number of hydrazone groups is 1. The van der Waals surface area contributed by atoms with Crippen LogP contribution in [0.5, 0.6) is 11.5 Å². The summed E-state index contributed by atoms with van der Waals surface area (Å²) in [4.78, 5) is 40.5. The number of methoxy groups -OCH3 is 2. The SMILES string of the molecule is COc1ccc(NC(=O)/C(CC2=Nc3ccc([N+](=O)[O-])cc3N[C@@H]2O)=N/NC(=O)C[N+](C)(C)C)c(OC)c1. The Morgan fingerprint density at radius 3 is 2.55 bits per heavy atom. The molecule has 1 atom stereocenters. The van der Waals surface area contributed by atoms with Gasteiger partial charge >= 0.3 is 0 Å². The molecule has 0 spiro atoms. The summed E-state index contributed by atoms with van der Waals surface area (Å²) in [6.45, 7) is 0.0992. The number of non-ortho nitro benzene ring substituents is 1. The average Bonchev–Trinajstić information content (AvgIpc) is 2.85. The highest BCUT2D eigenvalue weighted by atomic mass is 16.6. The summed E-state index contributed by atoms with van der Waals surface area (Å²) in [7, 11) is 8.41. The van der Waals surface area contributed by atoms with E-state index in [1.165, 1.54) is 32.4 Å². The number of aliphatic hydroxyl groups excluding tert-OH is 1. The molecule has 14 heteroatoms. The van der Waals surface area contributed by atoms with Gasteiger partial charge in [0.15, 0.2) is 12.8 Å². The van der Waals surface area contributed by atoms with Crippen LogP contribution in [0.25, 0.3) is 0 Å². The molecule has 14 nitrogen and oxygen atoms in total. The first-order valence-corrected chi connectivity index (χ1v) is 11.4. The molecule has 1 aliphatic heterocycles. The van der Waals surface area contributed by atoms with Gasteiger partial charge < -0.3 is 29.7 Å². The zero-order valence-electron chi connectivity index (χ0n) is 21.6. The zero-order chi connectivity index (χ0) is 28.0. The first-order chi connectivity index (χ1) is 17.9. The lowest BCUT2D eigenvalue weighted by molar-refractivity contribution is -0.862. The molecule has 0 saturated heterocycles. The van der Waals surface area contributed by atoms with Gasteiger partial charge in [0.2, 0.25) is 0 Å². The number of nitro benzene ring substituents is 1. The summed E-state index contributed by atoms with van der Waals surface area (Å²) < 4.78 is 10.8. The number of carbonyl (C=O) groups excluding carboxylic acids is 2. The van der Waals surface area contributed by atoms with Gasteiger partial charge in [-0.15, -0.1) is 0 Å². The van der Waals surface area contributed by atoms with Gasteiger partial charge in [0.1, 0.15) is 17.2 Å². The summed E-state index contributed by atoms with van der Waals surface area (Å²) in [6.07, 6.45) is -1.61. The molecule has 0 fully saturated rings. The van der Waals surface area contributed by atoms with Gasteiger partial charge in [0.25, 0.3) is 17.5 Å². The fourth-order valence-corrected chi connectivity index (χ4v) is 3.47. The summed E-state index contributed by atoms with van der Waals surface area (Å²) in [5.74, 6) is -0.250. The van der Waals surface area contributed by atoms with E-state index in [4.69, 9.17) is 9.47 Å². The van der Waals surface area contributed by atoms with Gasteiger partial charge in [0, 0.05) is 24.6 Å². The molecule has 38 heavy (non-hydrogen) atoms. The summed E-state index contributed by atoms with van der Waals surface area (Å²) in [6, 6.07) is 8.76. The molecule has 202 valence electrons. The highest BCUT2D eigenvalue weighted by molar-refractivity contribution is 6.46. The molecule has 2 amide bonds. The smallest absolute Gasteiger partial charge is 0.295 e. The fourth-order valence-electron chi connectivity index (χ4n) is 3.47. The van der Waals surface area contributed by atoms with Crippen LogP contribution in [0.1, 0.15) is 6.42 Å². The minimum absolute atomic E-state index is 0.0992. The molecule has 0 saturated carbocycles. The van der Waals surface area contributed by atoms with Crippen LogP contribution in [0.2, 0.25) is 0 Å². The second kappa shape index (κ2) is 11.7. The fraction of sp³-hybridized carbons (Fsp3) is 0.333. The van der Waals surface area contributed by atoms with E-state index < -0.39 is 23.0 Å². The molecule has 4 N–H and O–H groups in total. The Hall–Kier alpha value is -4.56. The number of quaternary nitrogens is 1. The van der Waals surface area contributed by atoms with Crippen molar-refractivity contribution in [3.63, 3.8) is 0 Å². The van der Waals surface area contributed by atoms with E-state index in [9.17, 15) is 24.8 Å². The molecule has 3 rings (SSSR count). The molecule has 0 unspecified atom stereocenters. The summed E-state index contributed by atoms with van der Waals surface area (Å²) in [5, 5.41) is 31.1. The van der Waals surface area contributed by atoms with E-state index in [1.807, 2.05) is 21.1 Å². The van der Waals surface area contributed by atoms with Gasteiger partial charge in [0.05, 0.1) is 63.1 Å². The lowest BCUT2D eigenvalue weighted by atomic mass is 10.1. The maximum absolute atomic E-state index is 13.3. The van der Waals surface area contributed by atoms with Crippen molar-refractivity contribution in [2.75, 3.05) is 52.5 Å². The number of ether oxygens (including phenoxy) is 2. The van der Waals surface area contributed by atoms with Crippen molar-refractivity contribution in [1.82, 2.24) is 5.43 Å².